The maximum absolute atomic E-state index is 13.2. The number of carbonyl (C=O) groups is 3. The molecule has 0 fully saturated rings. The summed E-state index contributed by atoms with van der Waals surface area (Å²) < 4.78 is 13.2. The Hall–Kier alpha value is -4.71. The molecule has 8 nitrogen and oxygen atoms in total. The van der Waals surface area contributed by atoms with E-state index < -0.39 is 0 Å². The van der Waals surface area contributed by atoms with Crippen molar-refractivity contribution < 1.29 is 18.8 Å². The quantitative estimate of drug-likeness (QED) is 0.238. The number of benzene rings is 2. The third-order valence-corrected chi connectivity index (χ3v) is 6.50. The number of fused-ring (bicyclic) bond motifs is 1. The minimum absolute atomic E-state index is 0.181. The molecule has 2 aromatic carbocycles. The second-order valence-electron chi connectivity index (χ2n) is 9.24. The molecular weight excluding hydrogens is 485 g/mol. The first-order valence-electron chi connectivity index (χ1n) is 12.3. The molecule has 2 heterocycles. The number of nitriles is 1. The van der Waals surface area contributed by atoms with Gasteiger partial charge in [0.1, 0.15) is 5.82 Å². The van der Waals surface area contributed by atoms with E-state index in [1.807, 2.05) is 26.8 Å². The van der Waals surface area contributed by atoms with Gasteiger partial charge in [0.05, 0.1) is 23.4 Å². The lowest BCUT2D eigenvalue weighted by Crippen LogP contribution is -2.26. The first kappa shape index (κ1) is 26.4. The molecule has 1 aromatic heterocycles. The number of halogens is 1. The second-order valence-corrected chi connectivity index (χ2v) is 9.24. The van der Waals surface area contributed by atoms with Crippen molar-refractivity contribution >= 4 is 40.7 Å². The summed E-state index contributed by atoms with van der Waals surface area (Å²) in [5.41, 5.74) is 5.53. The SMILES string of the molecule is Cc1[nH]c(/C=C2\C(=O)Nc3ccc(C(=O)N[C@H](C)c4ccc(F)cc4)cc32)c(C)c1NC(=O)CCCC#N. The maximum atomic E-state index is 13.2. The molecule has 3 aromatic rings. The van der Waals surface area contributed by atoms with Crippen LogP contribution < -0.4 is 16.0 Å². The van der Waals surface area contributed by atoms with Crippen LogP contribution in [0.2, 0.25) is 0 Å². The van der Waals surface area contributed by atoms with Crippen LogP contribution in [0, 0.1) is 31.0 Å². The molecule has 0 radical (unpaired) electrons. The normalized spacial score (nSPS) is 14.0. The number of nitrogens with one attached hydrogen (secondary N) is 4. The van der Waals surface area contributed by atoms with Gasteiger partial charge in [0.25, 0.3) is 11.8 Å². The molecule has 0 saturated carbocycles. The Morgan fingerprint density at radius 2 is 1.89 bits per heavy atom. The van der Waals surface area contributed by atoms with Gasteiger partial charge in [0, 0.05) is 41.0 Å². The van der Waals surface area contributed by atoms with E-state index in [2.05, 4.69) is 20.9 Å². The number of anilines is 2. The van der Waals surface area contributed by atoms with E-state index in [0.29, 0.717) is 46.6 Å². The number of rotatable bonds is 8. The number of aryl methyl sites for hydroxylation is 1. The van der Waals surface area contributed by atoms with Gasteiger partial charge in [0.15, 0.2) is 0 Å². The molecule has 1 atom stereocenters. The molecule has 0 spiro atoms. The van der Waals surface area contributed by atoms with Gasteiger partial charge in [-0.15, -0.1) is 0 Å². The van der Waals surface area contributed by atoms with Crippen molar-refractivity contribution in [3.63, 3.8) is 0 Å². The predicted octanol–water partition coefficient (Wildman–Crippen LogP) is 5.39. The van der Waals surface area contributed by atoms with Crippen molar-refractivity contribution in [1.29, 1.82) is 5.26 Å². The molecule has 0 aliphatic carbocycles. The molecule has 194 valence electrons. The van der Waals surface area contributed by atoms with Crippen LogP contribution in [0.5, 0.6) is 0 Å². The highest BCUT2D eigenvalue weighted by molar-refractivity contribution is 6.35. The lowest BCUT2D eigenvalue weighted by Gasteiger charge is -2.15. The van der Waals surface area contributed by atoms with E-state index in [9.17, 15) is 18.8 Å². The summed E-state index contributed by atoms with van der Waals surface area (Å²) in [6, 6.07) is 12.6. The maximum Gasteiger partial charge on any atom is 0.256 e. The highest BCUT2D eigenvalue weighted by Gasteiger charge is 2.26. The van der Waals surface area contributed by atoms with E-state index in [0.717, 1.165) is 16.8 Å². The number of H-pyrrole nitrogens is 1. The predicted molar refractivity (Wildman–Crippen MR) is 144 cm³/mol. The summed E-state index contributed by atoms with van der Waals surface area (Å²) >= 11 is 0. The summed E-state index contributed by atoms with van der Waals surface area (Å²) in [6.45, 7) is 5.48. The summed E-state index contributed by atoms with van der Waals surface area (Å²) in [4.78, 5) is 41.3. The second kappa shape index (κ2) is 11.1. The van der Waals surface area contributed by atoms with E-state index in [4.69, 9.17) is 5.26 Å². The molecule has 38 heavy (non-hydrogen) atoms. The minimum atomic E-state index is -0.347. The molecule has 3 amide bonds. The van der Waals surface area contributed by atoms with Gasteiger partial charge in [-0.2, -0.15) is 5.26 Å². The van der Waals surface area contributed by atoms with Gasteiger partial charge in [-0.25, -0.2) is 4.39 Å². The fourth-order valence-electron chi connectivity index (χ4n) is 4.37. The third-order valence-electron chi connectivity index (χ3n) is 6.50. The van der Waals surface area contributed by atoms with Crippen LogP contribution >= 0.6 is 0 Å². The van der Waals surface area contributed by atoms with Crippen molar-refractivity contribution in [2.45, 2.75) is 46.1 Å². The summed E-state index contributed by atoms with van der Waals surface area (Å²) in [5.74, 6) is -1.15. The lowest BCUT2D eigenvalue weighted by molar-refractivity contribution is -0.116. The van der Waals surface area contributed by atoms with Gasteiger partial charge in [-0.05, 0) is 74.7 Å². The minimum Gasteiger partial charge on any atom is -0.357 e. The molecule has 1 aliphatic heterocycles. The topological polar surface area (TPSA) is 127 Å². The first-order valence-corrected chi connectivity index (χ1v) is 12.3. The average Bonchev–Trinajstić information content (AvgIpc) is 3.34. The Morgan fingerprint density at radius 1 is 1.16 bits per heavy atom. The van der Waals surface area contributed by atoms with Crippen LogP contribution in [0.15, 0.2) is 42.5 Å². The van der Waals surface area contributed by atoms with Crippen LogP contribution in [-0.4, -0.2) is 22.7 Å². The zero-order chi connectivity index (χ0) is 27.4. The van der Waals surface area contributed by atoms with E-state index >= 15 is 0 Å². The molecule has 4 rings (SSSR count). The molecule has 4 N–H and O–H groups in total. The Morgan fingerprint density at radius 3 is 2.61 bits per heavy atom. The number of hydrogen-bond acceptors (Lipinski definition) is 4. The summed E-state index contributed by atoms with van der Waals surface area (Å²) in [6.07, 6.45) is 2.75. The number of unbranched alkanes of at least 4 members (excludes halogenated alkanes) is 1. The monoisotopic (exact) mass is 513 g/mol. The number of carbonyl (C=O) groups excluding carboxylic acids is 3. The van der Waals surface area contributed by atoms with Crippen LogP contribution in [0.25, 0.3) is 11.6 Å². The zero-order valence-corrected chi connectivity index (χ0v) is 21.4. The standard InChI is InChI=1S/C29H28FN5O3/c1-16-25(32-18(3)27(16)35-26(36)6-4-5-13-31)15-23-22-14-20(9-12-24(22)34-29(23)38)28(37)33-17(2)19-7-10-21(30)11-8-19/h7-12,14-15,17,32H,4-6H2,1-3H3,(H,33,37)(H,34,38)(H,35,36)/b23-15-/t17-/m1/s1. The summed E-state index contributed by atoms with van der Waals surface area (Å²) in [7, 11) is 0. The third kappa shape index (κ3) is 5.65. The highest BCUT2D eigenvalue weighted by Crippen LogP contribution is 2.35. The molecule has 9 heteroatoms. The van der Waals surface area contributed by atoms with E-state index in [1.54, 1.807) is 36.4 Å². The van der Waals surface area contributed by atoms with Gasteiger partial charge in [-0.1, -0.05) is 12.1 Å². The fraction of sp³-hybridized carbons (Fsp3) is 0.241. The number of nitrogens with zero attached hydrogens (tertiary/aromatic N) is 1. The largest absolute Gasteiger partial charge is 0.357 e. The van der Waals surface area contributed by atoms with E-state index in [-0.39, 0.29) is 36.0 Å². The first-order chi connectivity index (χ1) is 18.2. The van der Waals surface area contributed by atoms with Crippen LogP contribution in [-0.2, 0) is 9.59 Å². The van der Waals surface area contributed by atoms with Gasteiger partial charge < -0.3 is 20.9 Å². The van der Waals surface area contributed by atoms with Gasteiger partial charge >= 0.3 is 0 Å². The van der Waals surface area contributed by atoms with E-state index in [1.165, 1.54) is 12.1 Å². The number of aromatic amines is 1. The number of aromatic nitrogens is 1. The highest BCUT2D eigenvalue weighted by atomic mass is 19.1. The van der Waals surface area contributed by atoms with Crippen molar-refractivity contribution in [3.05, 3.63) is 81.9 Å². The van der Waals surface area contributed by atoms with Gasteiger partial charge in [0.2, 0.25) is 5.91 Å². The fourth-order valence-corrected chi connectivity index (χ4v) is 4.37. The molecule has 0 unspecified atom stereocenters. The summed E-state index contributed by atoms with van der Waals surface area (Å²) in [5, 5.41) is 17.3. The average molecular weight is 514 g/mol. The Kier molecular flexibility index (Phi) is 7.72. The lowest BCUT2D eigenvalue weighted by atomic mass is 10.0. The van der Waals surface area contributed by atoms with Crippen molar-refractivity contribution in [2.75, 3.05) is 10.6 Å². The van der Waals surface area contributed by atoms with Crippen LogP contribution in [0.4, 0.5) is 15.8 Å². The molecule has 1 aliphatic rings. The Balaban J connectivity index is 1.56. The van der Waals surface area contributed by atoms with Gasteiger partial charge in [-0.3, -0.25) is 14.4 Å². The molecule has 0 bridgehead atoms. The van der Waals surface area contributed by atoms with Crippen LogP contribution in [0.1, 0.15) is 70.7 Å². The van der Waals surface area contributed by atoms with Crippen molar-refractivity contribution in [3.8, 4) is 6.07 Å². The van der Waals surface area contributed by atoms with Crippen molar-refractivity contribution in [1.82, 2.24) is 10.3 Å². The van der Waals surface area contributed by atoms with Crippen molar-refractivity contribution in [2.24, 2.45) is 0 Å². The zero-order valence-electron chi connectivity index (χ0n) is 21.4. The van der Waals surface area contributed by atoms with Crippen LogP contribution in [0.3, 0.4) is 0 Å². The Bertz CT molecular complexity index is 1480. The smallest absolute Gasteiger partial charge is 0.256 e. The number of hydrogen-bond donors (Lipinski definition) is 4. The molecular formula is C29H28FN5O3. The Labute approximate surface area is 219 Å². The molecule has 0 saturated heterocycles. The number of amides is 3.